The molecule has 0 bridgehead atoms. The Kier molecular flexibility index (Phi) is 3.68. The Labute approximate surface area is 114 Å². The molecule has 6 heteroatoms. The van der Waals surface area contributed by atoms with Crippen LogP contribution in [0.15, 0.2) is 18.2 Å². The molecule has 1 N–H and O–H groups in total. The summed E-state index contributed by atoms with van der Waals surface area (Å²) in [6.07, 6.45) is 0. The van der Waals surface area contributed by atoms with Gasteiger partial charge in [0.2, 0.25) is 0 Å². The van der Waals surface area contributed by atoms with Gasteiger partial charge in [0, 0.05) is 5.69 Å². The van der Waals surface area contributed by atoms with Crippen molar-refractivity contribution in [1.82, 2.24) is 9.97 Å². The van der Waals surface area contributed by atoms with Crippen molar-refractivity contribution in [2.24, 2.45) is 0 Å². The first-order valence-corrected chi connectivity index (χ1v) is 5.96. The van der Waals surface area contributed by atoms with E-state index in [2.05, 4.69) is 15.3 Å². The van der Waals surface area contributed by atoms with E-state index in [0.29, 0.717) is 11.5 Å². The Hall–Kier alpha value is -1.39. The normalized spacial score (nSPS) is 10.5. The number of hydrogen-bond acceptors (Lipinski definition) is 3. The average molecular weight is 286 g/mol. The molecule has 0 fully saturated rings. The molecule has 0 aliphatic carbocycles. The predicted octanol–water partition coefficient (Wildman–Crippen LogP) is 4.28. The molecule has 0 spiro atoms. The minimum atomic E-state index is -0.505. The van der Waals surface area contributed by atoms with Crippen molar-refractivity contribution in [3.05, 3.63) is 45.6 Å². The first-order valence-electron chi connectivity index (χ1n) is 5.20. The molecule has 18 heavy (non-hydrogen) atoms. The van der Waals surface area contributed by atoms with Crippen LogP contribution in [0.3, 0.4) is 0 Å². The Bertz CT molecular complexity index is 602. The smallest absolute Gasteiger partial charge is 0.172 e. The van der Waals surface area contributed by atoms with Gasteiger partial charge in [-0.25, -0.2) is 14.4 Å². The summed E-state index contributed by atoms with van der Waals surface area (Å²) in [4.78, 5) is 8.39. The van der Waals surface area contributed by atoms with Crippen LogP contribution >= 0.6 is 23.2 Å². The summed E-state index contributed by atoms with van der Waals surface area (Å²) in [5, 5.41) is 3.22. The highest BCUT2D eigenvalue weighted by Gasteiger charge is 2.08. The number of nitrogens with zero attached hydrogens (tertiary/aromatic N) is 2. The second-order valence-corrected chi connectivity index (χ2v) is 4.55. The van der Waals surface area contributed by atoms with Crippen molar-refractivity contribution in [3.63, 3.8) is 0 Å². The van der Waals surface area contributed by atoms with Crippen molar-refractivity contribution in [2.75, 3.05) is 5.32 Å². The summed E-state index contributed by atoms with van der Waals surface area (Å²) in [6, 6.07) is 4.37. The van der Waals surface area contributed by atoms with E-state index in [1.165, 1.54) is 12.1 Å². The average Bonchev–Trinajstić information content (AvgIpc) is 2.31. The van der Waals surface area contributed by atoms with Crippen molar-refractivity contribution < 1.29 is 4.39 Å². The lowest BCUT2D eigenvalue weighted by Gasteiger charge is -2.09. The van der Waals surface area contributed by atoms with E-state index in [-0.39, 0.29) is 10.2 Å². The van der Waals surface area contributed by atoms with E-state index in [1.54, 1.807) is 6.07 Å². The molecular formula is C12H10Cl2FN3. The summed E-state index contributed by atoms with van der Waals surface area (Å²) < 4.78 is 13.3. The number of aryl methyl sites for hydroxylation is 2. The number of anilines is 2. The molecule has 0 amide bonds. The van der Waals surface area contributed by atoms with Crippen molar-refractivity contribution in [1.29, 1.82) is 0 Å². The van der Waals surface area contributed by atoms with Crippen LogP contribution in [-0.4, -0.2) is 9.97 Å². The minimum absolute atomic E-state index is 0.0674. The van der Waals surface area contributed by atoms with E-state index in [1.807, 2.05) is 13.8 Å². The summed E-state index contributed by atoms with van der Waals surface area (Å²) in [5.41, 5.74) is 2.03. The lowest BCUT2D eigenvalue weighted by molar-refractivity contribution is 0.629. The van der Waals surface area contributed by atoms with Crippen LogP contribution in [0.5, 0.6) is 0 Å². The molecule has 0 aliphatic rings. The molecule has 0 atom stereocenters. The summed E-state index contributed by atoms with van der Waals surface area (Å²) in [7, 11) is 0. The maximum absolute atomic E-state index is 13.3. The second-order valence-electron chi connectivity index (χ2n) is 3.79. The van der Waals surface area contributed by atoms with Gasteiger partial charge in [-0.15, -0.1) is 0 Å². The Morgan fingerprint density at radius 1 is 1.11 bits per heavy atom. The zero-order valence-electron chi connectivity index (χ0n) is 9.76. The molecule has 0 radical (unpaired) electrons. The SMILES string of the molecule is Cc1nc(Cl)c(Nc2ccc(Cl)c(F)c2)nc1C. The van der Waals surface area contributed by atoms with Crippen molar-refractivity contribution in [2.45, 2.75) is 13.8 Å². The number of halogens is 3. The lowest BCUT2D eigenvalue weighted by Crippen LogP contribution is -2.01. The molecule has 0 unspecified atom stereocenters. The van der Waals surface area contributed by atoms with Crippen molar-refractivity contribution >= 4 is 34.7 Å². The van der Waals surface area contributed by atoms with Gasteiger partial charge in [-0.1, -0.05) is 23.2 Å². The number of nitrogens with one attached hydrogen (secondary N) is 1. The largest absolute Gasteiger partial charge is 0.338 e. The topological polar surface area (TPSA) is 37.8 Å². The van der Waals surface area contributed by atoms with E-state index < -0.39 is 5.82 Å². The van der Waals surface area contributed by atoms with Crippen LogP contribution < -0.4 is 5.32 Å². The highest BCUT2D eigenvalue weighted by Crippen LogP contribution is 2.25. The van der Waals surface area contributed by atoms with E-state index >= 15 is 0 Å². The molecule has 3 nitrogen and oxygen atoms in total. The van der Waals surface area contributed by atoms with Gasteiger partial charge in [-0.05, 0) is 32.0 Å². The highest BCUT2D eigenvalue weighted by molar-refractivity contribution is 6.32. The van der Waals surface area contributed by atoms with Gasteiger partial charge in [-0.3, -0.25) is 0 Å². The molecule has 1 heterocycles. The van der Waals surface area contributed by atoms with Gasteiger partial charge in [0.1, 0.15) is 5.82 Å². The first-order chi connectivity index (χ1) is 8.47. The fraction of sp³-hybridized carbons (Fsp3) is 0.167. The molecule has 0 saturated heterocycles. The molecule has 1 aromatic carbocycles. The molecule has 2 rings (SSSR count). The van der Waals surface area contributed by atoms with Crippen LogP contribution in [0.1, 0.15) is 11.4 Å². The highest BCUT2D eigenvalue weighted by atomic mass is 35.5. The van der Waals surface area contributed by atoms with Crippen LogP contribution in [-0.2, 0) is 0 Å². The number of rotatable bonds is 2. The monoisotopic (exact) mass is 285 g/mol. The maximum Gasteiger partial charge on any atom is 0.172 e. The van der Waals surface area contributed by atoms with Crippen LogP contribution in [0, 0.1) is 19.7 Å². The quantitative estimate of drug-likeness (QED) is 0.895. The third-order valence-corrected chi connectivity index (χ3v) is 3.02. The number of aromatic nitrogens is 2. The summed E-state index contributed by atoms with van der Waals surface area (Å²) in [6.45, 7) is 3.65. The van der Waals surface area contributed by atoms with Crippen LogP contribution in [0.25, 0.3) is 0 Å². The number of hydrogen-bond donors (Lipinski definition) is 1. The van der Waals surface area contributed by atoms with Gasteiger partial charge in [0.05, 0.1) is 16.4 Å². The second kappa shape index (κ2) is 5.08. The molecular weight excluding hydrogens is 276 g/mol. The Balaban J connectivity index is 2.34. The first kappa shape index (κ1) is 13.1. The summed E-state index contributed by atoms with van der Waals surface area (Å²) in [5.74, 6) is -0.115. The van der Waals surface area contributed by atoms with Gasteiger partial charge >= 0.3 is 0 Å². The lowest BCUT2D eigenvalue weighted by atomic mass is 10.3. The zero-order valence-corrected chi connectivity index (χ0v) is 11.3. The van der Waals surface area contributed by atoms with Crippen molar-refractivity contribution in [3.8, 4) is 0 Å². The third-order valence-electron chi connectivity index (χ3n) is 2.45. The zero-order chi connectivity index (χ0) is 13.3. The molecule has 1 aromatic heterocycles. The predicted molar refractivity (Wildman–Crippen MR) is 71.2 cm³/mol. The molecule has 94 valence electrons. The number of benzene rings is 1. The molecule has 0 saturated carbocycles. The maximum atomic E-state index is 13.3. The van der Waals surface area contributed by atoms with Gasteiger partial charge in [0.15, 0.2) is 11.0 Å². The third kappa shape index (κ3) is 2.71. The Morgan fingerprint density at radius 2 is 1.78 bits per heavy atom. The van der Waals surface area contributed by atoms with Gasteiger partial charge in [-0.2, -0.15) is 0 Å². The van der Waals surface area contributed by atoms with Crippen LogP contribution in [0.4, 0.5) is 15.9 Å². The molecule has 2 aromatic rings. The fourth-order valence-corrected chi connectivity index (χ4v) is 1.70. The molecule has 0 aliphatic heterocycles. The standard InChI is InChI=1S/C12H10Cl2FN3/c1-6-7(2)17-12(11(14)16-6)18-8-3-4-9(13)10(15)5-8/h3-5H,1-2H3,(H,17,18). The van der Waals surface area contributed by atoms with Crippen LogP contribution in [0.2, 0.25) is 10.2 Å². The van der Waals surface area contributed by atoms with Gasteiger partial charge < -0.3 is 5.32 Å². The van der Waals surface area contributed by atoms with Gasteiger partial charge in [0.25, 0.3) is 0 Å². The fourth-order valence-electron chi connectivity index (χ4n) is 1.37. The van der Waals surface area contributed by atoms with E-state index in [0.717, 1.165) is 11.4 Å². The summed E-state index contributed by atoms with van der Waals surface area (Å²) >= 11 is 11.6. The minimum Gasteiger partial charge on any atom is -0.338 e. The Morgan fingerprint density at radius 3 is 2.44 bits per heavy atom. The van der Waals surface area contributed by atoms with E-state index in [9.17, 15) is 4.39 Å². The van der Waals surface area contributed by atoms with E-state index in [4.69, 9.17) is 23.2 Å².